The Morgan fingerprint density at radius 1 is 1.20 bits per heavy atom. The third-order valence-corrected chi connectivity index (χ3v) is 6.17. The normalized spacial score (nSPS) is 23.4. The molecule has 4 nitrogen and oxygen atoms in total. The second-order valence-electron chi connectivity index (χ2n) is 8.19. The number of nitrogens with zero attached hydrogens (tertiary/aromatic N) is 2. The van der Waals surface area contributed by atoms with Crippen LogP contribution in [0.25, 0.3) is 0 Å². The van der Waals surface area contributed by atoms with Crippen LogP contribution in [0, 0.1) is 25.2 Å². The fourth-order valence-corrected chi connectivity index (χ4v) is 4.85. The van der Waals surface area contributed by atoms with Gasteiger partial charge in [-0.05, 0) is 50.8 Å². The molecule has 0 aliphatic carbocycles. The molecule has 1 spiro atoms. The molecule has 0 saturated carbocycles. The fraction of sp³-hybridized carbons (Fsp3) is 0.667. The standard InChI is InChI=1S/C21H32N2O2/c1-16-9-17(2)11-19(10-16)12-22-7-5-21(6-8-22)15-23(18(3)24)13-20(21)14-25-4/h9-11,20H,5-8,12-15H2,1-4H3/t20-/m0/s1. The smallest absolute Gasteiger partial charge is 0.219 e. The number of aryl methyl sites for hydroxylation is 2. The maximum atomic E-state index is 11.9. The van der Waals surface area contributed by atoms with E-state index in [4.69, 9.17) is 4.74 Å². The number of likely N-dealkylation sites (tertiary alicyclic amines) is 2. The quantitative estimate of drug-likeness (QED) is 0.842. The molecule has 0 N–H and O–H groups in total. The zero-order valence-electron chi connectivity index (χ0n) is 16.2. The number of hydrogen-bond acceptors (Lipinski definition) is 3. The van der Waals surface area contributed by atoms with Crippen molar-refractivity contribution < 1.29 is 9.53 Å². The second-order valence-corrected chi connectivity index (χ2v) is 8.19. The highest BCUT2D eigenvalue weighted by atomic mass is 16.5. The molecule has 138 valence electrons. The van der Waals surface area contributed by atoms with E-state index in [2.05, 4.69) is 36.9 Å². The van der Waals surface area contributed by atoms with Gasteiger partial charge in [0, 0.05) is 39.6 Å². The van der Waals surface area contributed by atoms with Crippen molar-refractivity contribution in [1.29, 1.82) is 0 Å². The van der Waals surface area contributed by atoms with Crippen LogP contribution in [-0.2, 0) is 16.1 Å². The number of carbonyl (C=O) groups excluding carboxylic acids is 1. The van der Waals surface area contributed by atoms with Crippen LogP contribution in [0.5, 0.6) is 0 Å². The average molecular weight is 344 g/mol. The zero-order chi connectivity index (χ0) is 18.0. The summed E-state index contributed by atoms with van der Waals surface area (Å²) in [5.41, 5.74) is 4.35. The van der Waals surface area contributed by atoms with Crippen LogP contribution >= 0.6 is 0 Å². The van der Waals surface area contributed by atoms with Crippen molar-refractivity contribution in [3.05, 3.63) is 34.9 Å². The molecule has 0 unspecified atom stereocenters. The van der Waals surface area contributed by atoms with Crippen molar-refractivity contribution in [3.63, 3.8) is 0 Å². The zero-order valence-corrected chi connectivity index (χ0v) is 16.2. The summed E-state index contributed by atoms with van der Waals surface area (Å²) in [5, 5.41) is 0. The third kappa shape index (κ3) is 4.06. The fourth-order valence-electron chi connectivity index (χ4n) is 4.85. The molecular formula is C21H32N2O2. The number of methoxy groups -OCH3 is 1. The highest BCUT2D eigenvalue weighted by Gasteiger charge is 2.48. The van der Waals surface area contributed by atoms with Gasteiger partial charge in [-0.25, -0.2) is 0 Å². The molecule has 1 aromatic rings. The van der Waals surface area contributed by atoms with Gasteiger partial charge in [-0.3, -0.25) is 9.69 Å². The summed E-state index contributed by atoms with van der Waals surface area (Å²) in [5.74, 6) is 0.681. The molecule has 0 bridgehead atoms. The third-order valence-electron chi connectivity index (χ3n) is 6.17. The van der Waals surface area contributed by atoms with Crippen LogP contribution in [0.15, 0.2) is 18.2 Å². The van der Waals surface area contributed by atoms with Crippen LogP contribution in [0.3, 0.4) is 0 Å². The molecule has 2 fully saturated rings. The van der Waals surface area contributed by atoms with Crippen molar-refractivity contribution in [1.82, 2.24) is 9.80 Å². The van der Waals surface area contributed by atoms with Crippen molar-refractivity contribution in [3.8, 4) is 0 Å². The van der Waals surface area contributed by atoms with Gasteiger partial charge in [0.2, 0.25) is 5.91 Å². The largest absolute Gasteiger partial charge is 0.384 e. The molecule has 0 radical (unpaired) electrons. The van der Waals surface area contributed by atoms with Crippen LogP contribution in [0.1, 0.15) is 36.5 Å². The Bertz CT molecular complexity index is 600. The predicted molar refractivity (Wildman–Crippen MR) is 100 cm³/mol. The van der Waals surface area contributed by atoms with E-state index < -0.39 is 0 Å². The molecule has 1 amide bonds. The number of carbonyl (C=O) groups is 1. The van der Waals surface area contributed by atoms with Gasteiger partial charge in [0.25, 0.3) is 0 Å². The minimum absolute atomic E-state index is 0.204. The highest BCUT2D eigenvalue weighted by molar-refractivity contribution is 5.73. The summed E-state index contributed by atoms with van der Waals surface area (Å²) in [4.78, 5) is 16.5. The van der Waals surface area contributed by atoms with Gasteiger partial charge in [-0.1, -0.05) is 29.3 Å². The molecule has 1 aromatic carbocycles. The van der Waals surface area contributed by atoms with Gasteiger partial charge in [-0.15, -0.1) is 0 Å². The Hall–Kier alpha value is -1.39. The molecule has 2 heterocycles. The molecule has 0 aromatic heterocycles. The molecule has 4 heteroatoms. The summed E-state index contributed by atoms with van der Waals surface area (Å²) in [6.45, 7) is 11.8. The average Bonchev–Trinajstić information content (AvgIpc) is 2.88. The molecule has 25 heavy (non-hydrogen) atoms. The van der Waals surface area contributed by atoms with E-state index in [1.807, 2.05) is 4.90 Å². The lowest BCUT2D eigenvalue weighted by molar-refractivity contribution is -0.128. The summed E-state index contributed by atoms with van der Waals surface area (Å²) in [7, 11) is 1.78. The first kappa shape index (κ1) is 18.4. The van der Waals surface area contributed by atoms with Crippen LogP contribution < -0.4 is 0 Å². The van der Waals surface area contributed by atoms with Crippen LogP contribution in [0.4, 0.5) is 0 Å². The van der Waals surface area contributed by atoms with Gasteiger partial charge in [0.05, 0.1) is 6.61 Å². The van der Waals surface area contributed by atoms with Gasteiger partial charge >= 0.3 is 0 Å². The molecule has 1 atom stereocenters. The van der Waals surface area contributed by atoms with Gasteiger partial charge in [0.1, 0.15) is 0 Å². The SMILES string of the molecule is COC[C@@H]1CN(C(C)=O)CC12CCN(Cc1cc(C)cc(C)c1)CC2. The summed E-state index contributed by atoms with van der Waals surface area (Å²) in [6, 6.07) is 6.84. The minimum Gasteiger partial charge on any atom is -0.384 e. The summed E-state index contributed by atoms with van der Waals surface area (Å²) >= 11 is 0. The number of benzene rings is 1. The van der Waals surface area contributed by atoms with E-state index >= 15 is 0 Å². The van der Waals surface area contributed by atoms with Gasteiger partial charge in [-0.2, -0.15) is 0 Å². The lowest BCUT2D eigenvalue weighted by atomic mass is 9.71. The summed E-state index contributed by atoms with van der Waals surface area (Å²) < 4.78 is 5.48. The Morgan fingerprint density at radius 3 is 2.40 bits per heavy atom. The van der Waals surface area contributed by atoms with Crippen LogP contribution in [0.2, 0.25) is 0 Å². The second kappa shape index (κ2) is 7.46. The first-order valence-corrected chi connectivity index (χ1v) is 9.46. The molecule has 2 aliphatic heterocycles. The maximum Gasteiger partial charge on any atom is 0.219 e. The van der Waals surface area contributed by atoms with E-state index in [0.717, 1.165) is 52.2 Å². The summed E-state index contributed by atoms with van der Waals surface area (Å²) in [6.07, 6.45) is 2.32. The molecular weight excluding hydrogens is 312 g/mol. The molecule has 3 rings (SSSR count). The Balaban J connectivity index is 1.64. The van der Waals surface area contributed by atoms with Crippen molar-refractivity contribution >= 4 is 5.91 Å². The van der Waals surface area contributed by atoms with Crippen LogP contribution in [-0.4, -0.2) is 55.6 Å². The van der Waals surface area contributed by atoms with E-state index in [9.17, 15) is 4.79 Å². The molecule has 2 saturated heterocycles. The van der Waals surface area contributed by atoms with E-state index in [1.165, 1.54) is 16.7 Å². The number of piperidine rings is 1. The van der Waals surface area contributed by atoms with Gasteiger partial charge < -0.3 is 9.64 Å². The maximum absolute atomic E-state index is 11.9. The number of amides is 1. The molecule has 2 aliphatic rings. The first-order chi connectivity index (χ1) is 11.9. The Kier molecular flexibility index (Phi) is 5.49. The Labute approximate surface area is 152 Å². The van der Waals surface area contributed by atoms with Crippen molar-refractivity contribution in [2.75, 3.05) is 39.9 Å². The lowest BCUT2D eigenvalue weighted by Gasteiger charge is -2.42. The lowest BCUT2D eigenvalue weighted by Crippen LogP contribution is -2.45. The van der Waals surface area contributed by atoms with E-state index in [1.54, 1.807) is 14.0 Å². The monoisotopic (exact) mass is 344 g/mol. The number of ether oxygens (including phenoxy) is 1. The first-order valence-electron chi connectivity index (χ1n) is 9.46. The van der Waals surface area contributed by atoms with Crippen molar-refractivity contribution in [2.24, 2.45) is 11.3 Å². The number of hydrogen-bond donors (Lipinski definition) is 0. The minimum atomic E-state index is 0.204. The van der Waals surface area contributed by atoms with E-state index in [0.29, 0.717) is 5.92 Å². The Morgan fingerprint density at radius 2 is 1.84 bits per heavy atom. The van der Waals surface area contributed by atoms with E-state index in [-0.39, 0.29) is 11.3 Å². The topological polar surface area (TPSA) is 32.8 Å². The number of rotatable bonds is 4. The highest BCUT2D eigenvalue weighted by Crippen LogP contribution is 2.45. The van der Waals surface area contributed by atoms with Gasteiger partial charge in [0.15, 0.2) is 0 Å². The predicted octanol–water partition coefficient (Wildman–Crippen LogP) is 3.01. The van der Waals surface area contributed by atoms with Crippen molar-refractivity contribution in [2.45, 2.75) is 40.2 Å².